The highest BCUT2D eigenvalue weighted by Gasteiger charge is 2.41. The smallest absolute Gasteiger partial charge is 0.308 e. The molecule has 6 nitrogen and oxygen atoms in total. The minimum atomic E-state index is -0.862. The Morgan fingerprint density at radius 2 is 1.96 bits per heavy atom. The zero-order chi connectivity index (χ0) is 18.1. The molecule has 25 heavy (non-hydrogen) atoms. The van der Waals surface area contributed by atoms with Gasteiger partial charge >= 0.3 is 5.97 Å². The van der Waals surface area contributed by atoms with Gasteiger partial charge in [-0.05, 0) is 38.0 Å². The van der Waals surface area contributed by atoms with Crippen LogP contribution in [0.25, 0.3) is 0 Å². The van der Waals surface area contributed by atoms with Crippen molar-refractivity contribution in [3.05, 3.63) is 52.8 Å². The van der Waals surface area contributed by atoms with E-state index in [4.69, 9.17) is 0 Å². The second kappa shape index (κ2) is 6.70. The molecule has 0 unspecified atom stereocenters. The molecule has 1 N–H and O–H groups in total. The topological polar surface area (TPSA) is 75.4 Å². The van der Waals surface area contributed by atoms with E-state index in [9.17, 15) is 14.7 Å². The van der Waals surface area contributed by atoms with Crippen LogP contribution < -0.4 is 0 Å². The molecule has 6 heteroatoms. The average molecular weight is 341 g/mol. The lowest BCUT2D eigenvalue weighted by molar-refractivity contribution is -0.141. The molecule has 0 spiro atoms. The van der Waals surface area contributed by atoms with Crippen LogP contribution >= 0.6 is 0 Å². The summed E-state index contributed by atoms with van der Waals surface area (Å²) in [6.45, 7) is 7.17. The standard InChI is InChI=1S/C19H23N3O3/c1-4-22-13(3)9-17(20-22)18(23)21-10-15(16(11-21)19(24)25)14-8-6-5-7-12(14)2/h5-9,15-16H,4,10-11H2,1-3H3,(H,24,25)/t15-,16+/m0/s1. The first-order valence-corrected chi connectivity index (χ1v) is 8.54. The van der Waals surface area contributed by atoms with E-state index in [2.05, 4.69) is 5.10 Å². The molecule has 2 atom stereocenters. The fraction of sp³-hybridized carbons (Fsp3) is 0.421. The number of rotatable bonds is 4. The highest BCUT2D eigenvalue weighted by molar-refractivity contribution is 5.93. The molecular formula is C19H23N3O3. The van der Waals surface area contributed by atoms with Crippen LogP contribution in [0.1, 0.15) is 40.2 Å². The second-order valence-electron chi connectivity index (χ2n) is 6.60. The maximum Gasteiger partial charge on any atom is 0.308 e. The van der Waals surface area contributed by atoms with Crippen molar-refractivity contribution in [2.75, 3.05) is 13.1 Å². The van der Waals surface area contributed by atoms with Crippen LogP contribution in [-0.2, 0) is 11.3 Å². The Hall–Kier alpha value is -2.63. The van der Waals surface area contributed by atoms with Gasteiger partial charge in [-0.3, -0.25) is 14.3 Å². The van der Waals surface area contributed by atoms with E-state index < -0.39 is 11.9 Å². The summed E-state index contributed by atoms with van der Waals surface area (Å²) in [5, 5.41) is 14.0. The van der Waals surface area contributed by atoms with Crippen LogP contribution in [0.2, 0.25) is 0 Å². The average Bonchev–Trinajstić information content (AvgIpc) is 3.18. The molecule has 1 aromatic carbocycles. The molecule has 1 amide bonds. The Kier molecular flexibility index (Phi) is 4.61. The Labute approximate surface area is 147 Å². The summed E-state index contributed by atoms with van der Waals surface area (Å²) < 4.78 is 1.77. The first-order chi connectivity index (χ1) is 11.9. The molecule has 132 valence electrons. The first kappa shape index (κ1) is 17.2. The Morgan fingerprint density at radius 3 is 2.56 bits per heavy atom. The number of aromatic nitrogens is 2. The maximum absolute atomic E-state index is 12.8. The second-order valence-corrected chi connectivity index (χ2v) is 6.60. The number of aryl methyl sites for hydroxylation is 3. The highest BCUT2D eigenvalue weighted by atomic mass is 16.4. The molecule has 2 aromatic rings. The normalized spacial score (nSPS) is 20.0. The van der Waals surface area contributed by atoms with E-state index in [1.54, 1.807) is 15.6 Å². The predicted molar refractivity (Wildman–Crippen MR) is 93.6 cm³/mol. The number of amides is 1. The van der Waals surface area contributed by atoms with Crippen LogP contribution in [0.4, 0.5) is 0 Å². The van der Waals surface area contributed by atoms with Crippen LogP contribution in [-0.4, -0.2) is 44.8 Å². The molecule has 1 aromatic heterocycles. The van der Waals surface area contributed by atoms with Gasteiger partial charge in [0.25, 0.3) is 5.91 Å². The fourth-order valence-corrected chi connectivity index (χ4v) is 3.63. The van der Waals surface area contributed by atoms with E-state index in [-0.39, 0.29) is 18.4 Å². The molecule has 1 fully saturated rings. The highest BCUT2D eigenvalue weighted by Crippen LogP contribution is 2.35. The molecule has 2 heterocycles. The number of carboxylic acids is 1. The van der Waals surface area contributed by atoms with Crippen molar-refractivity contribution in [1.29, 1.82) is 0 Å². The number of carboxylic acid groups (broad SMARTS) is 1. The first-order valence-electron chi connectivity index (χ1n) is 8.54. The SMILES string of the molecule is CCn1nc(C(=O)N2C[C@@H](C(=O)O)[C@H](c3ccccc3C)C2)cc1C. The molecule has 0 saturated carbocycles. The fourth-order valence-electron chi connectivity index (χ4n) is 3.63. The minimum Gasteiger partial charge on any atom is -0.481 e. The minimum absolute atomic E-state index is 0.197. The van der Waals surface area contributed by atoms with Crippen molar-refractivity contribution < 1.29 is 14.7 Å². The van der Waals surface area contributed by atoms with Gasteiger partial charge in [-0.15, -0.1) is 0 Å². The zero-order valence-electron chi connectivity index (χ0n) is 14.8. The van der Waals surface area contributed by atoms with E-state index in [0.717, 1.165) is 16.8 Å². The molecule has 0 aliphatic carbocycles. The number of hydrogen-bond acceptors (Lipinski definition) is 3. The third kappa shape index (κ3) is 3.16. The van der Waals surface area contributed by atoms with E-state index in [0.29, 0.717) is 18.8 Å². The van der Waals surface area contributed by atoms with Gasteiger partial charge in [-0.2, -0.15) is 5.10 Å². The summed E-state index contributed by atoms with van der Waals surface area (Å²) in [5.41, 5.74) is 3.36. The number of carbonyl (C=O) groups excluding carboxylic acids is 1. The Bertz CT molecular complexity index is 812. The molecule has 3 rings (SSSR count). The zero-order valence-corrected chi connectivity index (χ0v) is 14.8. The van der Waals surface area contributed by atoms with Crippen LogP contribution in [0.15, 0.2) is 30.3 Å². The molecule has 0 bridgehead atoms. The van der Waals surface area contributed by atoms with Gasteiger partial charge in [0.2, 0.25) is 0 Å². The number of nitrogens with zero attached hydrogens (tertiary/aromatic N) is 3. The van der Waals surface area contributed by atoms with Gasteiger partial charge in [0.05, 0.1) is 5.92 Å². The summed E-state index contributed by atoms with van der Waals surface area (Å²) >= 11 is 0. The lowest BCUT2D eigenvalue weighted by atomic mass is 9.86. The summed E-state index contributed by atoms with van der Waals surface area (Å²) in [6, 6.07) is 9.55. The summed E-state index contributed by atoms with van der Waals surface area (Å²) in [4.78, 5) is 26.2. The predicted octanol–water partition coefficient (Wildman–Crippen LogP) is 2.46. The number of hydrogen-bond donors (Lipinski definition) is 1. The lowest BCUT2D eigenvalue weighted by Gasteiger charge is -2.17. The van der Waals surface area contributed by atoms with Crippen molar-refractivity contribution in [2.45, 2.75) is 33.2 Å². The lowest BCUT2D eigenvalue weighted by Crippen LogP contribution is -2.30. The molecule has 1 aliphatic heterocycles. The maximum atomic E-state index is 12.8. The number of benzene rings is 1. The van der Waals surface area contributed by atoms with Crippen LogP contribution in [0, 0.1) is 19.8 Å². The largest absolute Gasteiger partial charge is 0.481 e. The van der Waals surface area contributed by atoms with Gasteiger partial charge < -0.3 is 10.0 Å². The molecule has 0 radical (unpaired) electrons. The molecular weight excluding hydrogens is 318 g/mol. The summed E-state index contributed by atoms with van der Waals surface area (Å²) in [5.74, 6) is -1.85. The Morgan fingerprint density at radius 1 is 1.24 bits per heavy atom. The van der Waals surface area contributed by atoms with Crippen molar-refractivity contribution in [1.82, 2.24) is 14.7 Å². The third-order valence-electron chi connectivity index (χ3n) is 5.01. The van der Waals surface area contributed by atoms with E-state index in [1.807, 2.05) is 45.0 Å². The van der Waals surface area contributed by atoms with Gasteiger partial charge in [0, 0.05) is 31.2 Å². The third-order valence-corrected chi connectivity index (χ3v) is 5.01. The van der Waals surface area contributed by atoms with Crippen LogP contribution in [0.3, 0.4) is 0 Å². The van der Waals surface area contributed by atoms with Crippen molar-refractivity contribution in [3.63, 3.8) is 0 Å². The van der Waals surface area contributed by atoms with Gasteiger partial charge in [-0.25, -0.2) is 0 Å². The van der Waals surface area contributed by atoms with E-state index in [1.165, 1.54) is 0 Å². The monoisotopic (exact) mass is 341 g/mol. The van der Waals surface area contributed by atoms with Crippen molar-refractivity contribution in [2.24, 2.45) is 5.92 Å². The quantitative estimate of drug-likeness (QED) is 0.927. The van der Waals surface area contributed by atoms with Crippen molar-refractivity contribution >= 4 is 11.9 Å². The molecule has 1 saturated heterocycles. The van der Waals surface area contributed by atoms with Crippen LogP contribution in [0.5, 0.6) is 0 Å². The Balaban J connectivity index is 1.88. The van der Waals surface area contributed by atoms with Gasteiger partial charge in [0.1, 0.15) is 0 Å². The number of aliphatic carboxylic acids is 1. The van der Waals surface area contributed by atoms with Gasteiger partial charge in [-0.1, -0.05) is 24.3 Å². The van der Waals surface area contributed by atoms with Crippen molar-refractivity contribution in [3.8, 4) is 0 Å². The van der Waals surface area contributed by atoms with Gasteiger partial charge in [0.15, 0.2) is 5.69 Å². The summed E-state index contributed by atoms with van der Waals surface area (Å²) in [7, 11) is 0. The molecule has 1 aliphatic rings. The number of likely N-dealkylation sites (tertiary alicyclic amines) is 1. The summed E-state index contributed by atoms with van der Waals surface area (Å²) in [6.07, 6.45) is 0. The van der Waals surface area contributed by atoms with E-state index >= 15 is 0 Å². The number of carbonyl (C=O) groups is 2.